The van der Waals surface area contributed by atoms with E-state index in [1.165, 1.54) is 13.2 Å². The van der Waals surface area contributed by atoms with Crippen molar-refractivity contribution < 1.29 is 14.3 Å². The number of phenols is 1. The molecule has 0 bridgehead atoms. The number of hydrogen-bond acceptors (Lipinski definition) is 4. The molecule has 0 radical (unpaired) electrons. The summed E-state index contributed by atoms with van der Waals surface area (Å²) in [6.45, 7) is 0. The van der Waals surface area contributed by atoms with Crippen molar-refractivity contribution in [3.8, 4) is 22.8 Å². The number of oxazole rings is 1. The van der Waals surface area contributed by atoms with E-state index in [0.717, 1.165) is 11.1 Å². The number of rotatable bonds is 4. The van der Waals surface area contributed by atoms with E-state index < -0.39 is 0 Å². The van der Waals surface area contributed by atoms with Crippen LogP contribution in [0.4, 0.5) is 0 Å². The van der Waals surface area contributed by atoms with E-state index in [0.29, 0.717) is 27.5 Å². The van der Waals surface area contributed by atoms with Gasteiger partial charge in [-0.25, -0.2) is 4.98 Å². The molecule has 0 amide bonds. The second kappa shape index (κ2) is 6.99. The summed E-state index contributed by atoms with van der Waals surface area (Å²) in [5.74, 6) is 1.32. The van der Waals surface area contributed by atoms with Crippen molar-refractivity contribution in [2.45, 2.75) is 0 Å². The zero-order chi connectivity index (χ0) is 17.1. The zero-order valence-corrected chi connectivity index (χ0v) is 14.2. The van der Waals surface area contributed by atoms with Crippen molar-refractivity contribution in [1.29, 1.82) is 0 Å². The van der Waals surface area contributed by atoms with E-state index in [1.807, 2.05) is 12.1 Å². The fourth-order valence-corrected chi connectivity index (χ4v) is 2.46. The Hall–Kier alpha value is -2.43. The molecule has 6 heteroatoms. The van der Waals surface area contributed by atoms with Gasteiger partial charge in [0.1, 0.15) is 5.03 Å². The van der Waals surface area contributed by atoms with Crippen molar-refractivity contribution in [2.24, 2.45) is 0 Å². The first-order valence-electron chi connectivity index (χ1n) is 7.03. The van der Waals surface area contributed by atoms with Crippen LogP contribution in [0, 0.1) is 0 Å². The molecule has 3 rings (SSSR count). The summed E-state index contributed by atoms with van der Waals surface area (Å²) < 4.78 is 10.8. The molecule has 0 unspecified atom stereocenters. The van der Waals surface area contributed by atoms with Crippen molar-refractivity contribution in [3.05, 3.63) is 65.1 Å². The van der Waals surface area contributed by atoms with Gasteiger partial charge in [-0.05, 0) is 48.0 Å². The Labute approximate surface area is 148 Å². The van der Waals surface area contributed by atoms with Crippen LogP contribution in [0.5, 0.6) is 11.5 Å². The lowest BCUT2D eigenvalue weighted by Crippen LogP contribution is -1.84. The number of methoxy groups -OCH3 is 1. The van der Waals surface area contributed by atoms with Gasteiger partial charge >= 0.3 is 0 Å². The Morgan fingerprint density at radius 1 is 1.21 bits per heavy atom. The number of phenolic OH excluding ortho intramolecular Hbond substituents is 1. The number of hydrogen-bond donors (Lipinski definition) is 1. The zero-order valence-electron chi connectivity index (χ0n) is 12.7. The normalized spacial score (nSPS) is 11.5. The number of benzene rings is 2. The molecule has 4 nitrogen and oxygen atoms in total. The van der Waals surface area contributed by atoms with E-state index in [-0.39, 0.29) is 5.75 Å². The first kappa shape index (κ1) is 16.4. The summed E-state index contributed by atoms with van der Waals surface area (Å²) in [6, 6.07) is 12.1. The molecule has 0 saturated heterocycles. The third-order valence-electron chi connectivity index (χ3n) is 3.34. The monoisotopic (exact) mass is 361 g/mol. The average molecular weight is 362 g/mol. The molecule has 0 atom stereocenters. The molecule has 122 valence electrons. The third kappa shape index (κ3) is 3.55. The second-order valence-electron chi connectivity index (χ2n) is 4.96. The van der Waals surface area contributed by atoms with Gasteiger partial charge in [0.25, 0.3) is 0 Å². The summed E-state index contributed by atoms with van der Waals surface area (Å²) in [4.78, 5) is 4.19. The first-order valence-corrected chi connectivity index (χ1v) is 7.79. The lowest BCUT2D eigenvalue weighted by Gasteiger charge is -2.04. The van der Waals surface area contributed by atoms with Crippen LogP contribution in [0.1, 0.15) is 11.5 Å². The highest BCUT2D eigenvalue weighted by molar-refractivity contribution is 6.50. The Morgan fingerprint density at radius 2 is 1.96 bits per heavy atom. The molecule has 0 spiro atoms. The molecule has 0 fully saturated rings. The molecule has 0 aliphatic heterocycles. The molecule has 0 aliphatic rings. The van der Waals surface area contributed by atoms with E-state index in [1.54, 1.807) is 36.5 Å². The van der Waals surface area contributed by atoms with Crippen molar-refractivity contribution in [2.75, 3.05) is 7.11 Å². The van der Waals surface area contributed by atoms with Gasteiger partial charge in [0.05, 0.1) is 13.3 Å². The molecule has 2 aromatic carbocycles. The molecule has 0 aliphatic carbocycles. The van der Waals surface area contributed by atoms with Crippen LogP contribution in [-0.4, -0.2) is 17.2 Å². The highest BCUT2D eigenvalue weighted by Gasteiger charge is 2.10. The predicted molar refractivity (Wildman–Crippen MR) is 95.3 cm³/mol. The van der Waals surface area contributed by atoms with Gasteiger partial charge in [-0.2, -0.15) is 0 Å². The predicted octanol–water partition coefficient (Wildman–Crippen LogP) is 5.45. The molecule has 1 aromatic heterocycles. The average Bonchev–Trinajstić information content (AvgIpc) is 3.07. The summed E-state index contributed by atoms with van der Waals surface area (Å²) >= 11 is 12.2. The van der Waals surface area contributed by atoms with Crippen LogP contribution in [0.3, 0.4) is 0 Å². The molecular weight excluding hydrogens is 349 g/mol. The number of nitrogens with zero attached hydrogens (tertiary/aromatic N) is 1. The smallest absolute Gasteiger partial charge is 0.238 e. The van der Waals surface area contributed by atoms with Crippen LogP contribution in [0.15, 0.2) is 53.1 Å². The highest BCUT2D eigenvalue weighted by atomic mass is 35.5. The third-order valence-corrected chi connectivity index (χ3v) is 3.86. The highest BCUT2D eigenvalue weighted by Crippen LogP contribution is 2.30. The summed E-state index contributed by atoms with van der Waals surface area (Å²) in [5.41, 5.74) is 1.61. The van der Waals surface area contributed by atoms with Gasteiger partial charge in [0.15, 0.2) is 17.3 Å². The maximum atomic E-state index is 9.62. The lowest BCUT2D eigenvalue weighted by molar-refractivity contribution is 0.373. The van der Waals surface area contributed by atoms with E-state index in [2.05, 4.69) is 4.98 Å². The van der Waals surface area contributed by atoms with Crippen molar-refractivity contribution in [1.82, 2.24) is 4.98 Å². The standard InChI is InChI=1S/C18H13Cl2NO3/c1-23-16-9-11(2-7-15(16)22)8-14(20)18-21-10-17(24-18)12-3-5-13(19)6-4-12/h2-10,22H,1H3/b14-8-. The summed E-state index contributed by atoms with van der Waals surface area (Å²) in [7, 11) is 1.48. The molecule has 24 heavy (non-hydrogen) atoms. The van der Waals surface area contributed by atoms with Crippen LogP contribution < -0.4 is 4.74 Å². The number of ether oxygens (including phenoxy) is 1. The Morgan fingerprint density at radius 3 is 2.67 bits per heavy atom. The summed E-state index contributed by atoms with van der Waals surface area (Å²) in [5, 5.41) is 10.6. The van der Waals surface area contributed by atoms with Gasteiger partial charge in [0.2, 0.25) is 5.89 Å². The quantitative estimate of drug-likeness (QED) is 0.671. The molecule has 0 saturated carbocycles. The number of halogens is 2. The molecule has 1 N–H and O–H groups in total. The molecule has 1 heterocycles. The Balaban J connectivity index is 1.87. The van der Waals surface area contributed by atoms with Crippen LogP contribution in [0.2, 0.25) is 5.02 Å². The van der Waals surface area contributed by atoms with Gasteiger partial charge < -0.3 is 14.3 Å². The minimum atomic E-state index is 0.0620. The van der Waals surface area contributed by atoms with Gasteiger partial charge in [-0.15, -0.1) is 0 Å². The minimum Gasteiger partial charge on any atom is -0.504 e. The second-order valence-corrected chi connectivity index (χ2v) is 5.80. The van der Waals surface area contributed by atoms with Crippen LogP contribution >= 0.6 is 23.2 Å². The van der Waals surface area contributed by atoms with Crippen molar-refractivity contribution >= 4 is 34.3 Å². The van der Waals surface area contributed by atoms with Crippen molar-refractivity contribution in [3.63, 3.8) is 0 Å². The van der Waals surface area contributed by atoms with E-state index in [9.17, 15) is 5.11 Å². The minimum absolute atomic E-state index is 0.0620. The van der Waals surface area contributed by atoms with E-state index >= 15 is 0 Å². The van der Waals surface area contributed by atoms with Crippen LogP contribution in [0.25, 0.3) is 22.4 Å². The molecular formula is C18H13Cl2NO3. The topological polar surface area (TPSA) is 55.5 Å². The van der Waals surface area contributed by atoms with E-state index in [4.69, 9.17) is 32.4 Å². The Bertz CT molecular complexity index is 886. The fourth-order valence-electron chi connectivity index (χ4n) is 2.12. The lowest BCUT2D eigenvalue weighted by atomic mass is 10.2. The Kier molecular flexibility index (Phi) is 4.79. The maximum absolute atomic E-state index is 9.62. The fraction of sp³-hybridized carbons (Fsp3) is 0.0556. The first-order chi connectivity index (χ1) is 11.6. The van der Waals surface area contributed by atoms with Gasteiger partial charge in [-0.1, -0.05) is 29.3 Å². The molecule has 3 aromatic rings. The maximum Gasteiger partial charge on any atom is 0.238 e. The largest absolute Gasteiger partial charge is 0.504 e. The van der Waals surface area contributed by atoms with Crippen LogP contribution in [-0.2, 0) is 0 Å². The summed E-state index contributed by atoms with van der Waals surface area (Å²) in [6.07, 6.45) is 3.28. The van der Waals surface area contributed by atoms with Gasteiger partial charge in [-0.3, -0.25) is 0 Å². The SMILES string of the molecule is COc1cc(/C=C(\Cl)c2ncc(-c3ccc(Cl)cc3)o2)ccc1O. The van der Waals surface area contributed by atoms with Gasteiger partial charge in [0, 0.05) is 10.6 Å². The number of aromatic nitrogens is 1. The number of aromatic hydroxyl groups is 1.